The lowest BCUT2D eigenvalue weighted by atomic mass is 9.77. The van der Waals surface area contributed by atoms with Gasteiger partial charge >= 0.3 is 0 Å². The van der Waals surface area contributed by atoms with Crippen LogP contribution >= 0.6 is 0 Å². The number of hydrogen-bond donors (Lipinski definition) is 3. The molecule has 2 aromatic rings. The molecule has 0 fully saturated rings. The van der Waals surface area contributed by atoms with Gasteiger partial charge in [-0.3, -0.25) is 4.68 Å². The van der Waals surface area contributed by atoms with Crippen molar-refractivity contribution in [2.24, 2.45) is 7.05 Å². The van der Waals surface area contributed by atoms with Crippen LogP contribution in [-0.2, 0) is 30.1 Å². The Kier molecular flexibility index (Phi) is 5.24. The highest BCUT2D eigenvalue weighted by molar-refractivity contribution is 5.76. The molecular weight excluding hydrogens is 347 g/mol. The van der Waals surface area contributed by atoms with Crippen LogP contribution in [0, 0.1) is 12.7 Å². The van der Waals surface area contributed by atoms with Crippen molar-refractivity contribution in [2.45, 2.75) is 51.0 Å². The molecule has 4 rings (SSSR count). The summed E-state index contributed by atoms with van der Waals surface area (Å²) in [5.41, 5.74) is 9.89. The van der Waals surface area contributed by atoms with Gasteiger partial charge in [0.15, 0.2) is 0 Å². The van der Waals surface area contributed by atoms with Crippen LogP contribution in [0.25, 0.3) is 0 Å². The van der Waals surface area contributed by atoms with Gasteiger partial charge in [0, 0.05) is 31.3 Å². The van der Waals surface area contributed by atoms with Crippen LogP contribution in [0.4, 0.5) is 15.9 Å². The van der Waals surface area contributed by atoms with Crippen molar-refractivity contribution >= 4 is 17.8 Å². The predicted octanol–water partition coefficient (Wildman–Crippen LogP) is 2.26. The molecule has 0 bridgehead atoms. The van der Waals surface area contributed by atoms with Gasteiger partial charge in [-0.2, -0.15) is 5.10 Å². The average molecular weight is 374 g/mol. The molecular formula is C20H27FN4O2. The average Bonchev–Trinajstić information content (AvgIpc) is 2.90. The molecule has 0 spiro atoms. The molecule has 1 aromatic carbocycles. The third-order valence-corrected chi connectivity index (χ3v) is 5.56. The summed E-state index contributed by atoms with van der Waals surface area (Å²) in [5.74, 6) is 0.472. The maximum atomic E-state index is 13.3. The van der Waals surface area contributed by atoms with Crippen LogP contribution in [0.2, 0.25) is 0 Å². The fraction of sp³-hybridized carbons (Fsp3) is 0.500. The summed E-state index contributed by atoms with van der Waals surface area (Å²) in [7, 11) is 1.83. The standard InChI is InChI=1S/C12H14FNO.C8H13N3O/c1-8-5-9(13)6-10-11(8)14-4-3-12(10,2)7-15;1-11-8(9)6-3-2-5(12)4-7(6)10-11/h5-7,14H,3-4H2,1-2H3;5,12H,2-4,9H2,1H3. The molecule has 0 saturated heterocycles. The minimum Gasteiger partial charge on any atom is -0.393 e. The van der Waals surface area contributed by atoms with E-state index in [1.807, 2.05) is 20.9 Å². The summed E-state index contributed by atoms with van der Waals surface area (Å²) >= 11 is 0. The molecule has 1 aromatic heterocycles. The smallest absolute Gasteiger partial charge is 0.130 e. The second kappa shape index (κ2) is 7.31. The second-order valence-electron chi connectivity index (χ2n) is 7.69. The van der Waals surface area contributed by atoms with Crippen molar-refractivity contribution in [3.8, 4) is 0 Å². The van der Waals surface area contributed by atoms with Crippen molar-refractivity contribution in [3.63, 3.8) is 0 Å². The number of aliphatic hydroxyl groups excluding tert-OH is 1. The number of fused-ring (bicyclic) bond motifs is 2. The number of nitrogens with zero attached hydrogens (tertiary/aromatic N) is 2. The number of aldehydes is 1. The zero-order valence-electron chi connectivity index (χ0n) is 16.1. The molecule has 2 aliphatic rings. The highest BCUT2D eigenvalue weighted by Gasteiger charge is 2.33. The van der Waals surface area contributed by atoms with Crippen molar-refractivity contribution in [2.75, 3.05) is 17.6 Å². The van der Waals surface area contributed by atoms with Gasteiger partial charge < -0.3 is 21.0 Å². The summed E-state index contributed by atoms with van der Waals surface area (Å²) in [6.07, 6.45) is 3.73. The number of rotatable bonds is 1. The Morgan fingerprint density at radius 1 is 1.48 bits per heavy atom. The van der Waals surface area contributed by atoms with Gasteiger partial charge in [-0.1, -0.05) is 0 Å². The van der Waals surface area contributed by atoms with Crippen LogP contribution in [0.3, 0.4) is 0 Å². The minimum atomic E-state index is -0.548. The molecule has 2 heterocycles. The van der Waals surface area contributed by atoms with Crippen LogP contribution in [0.5, 0.6) is 0 Å². The number of aliphatic hydroxyl groups is 1. The molecule has 0 radical (unpaired) electrons. The Balaban J connectivity index is 0.000000159. The van der Waals surface area contributed by atoms with E-state index in [1.165, 1.54) is 12.1 Å². The van der Waals surface area contributed by atoms with Gasteiger partial charge in [-0.05, 0) is 56.4 Å². The predicted molar refractivity (Wildman–Crippen MR) is 103 cm³/mol. The fourth-order valence-corrected chi connectivity index (χ4v) is 3.84. The van der Waals surface area contributed by atoms with Crippen molar-refractivity contribution in [1.82, 2.24) is 9.78 Å². The molecule has 6 nitrogen and oxygen atoms in total. The summed E-state index contributed by atoms with van der Waals surface area (Å²) in [6, 6.07) is 2.95. The highest BCUT2D eigenvalue weighted by Crippen LogP contribution is 2.37. The first-order valence-corrected chi connectivity index (χ1v) is 9.24. The number of nitrogen functional groups attached to an aromatic ring is 1. The van der Waals surface area contributed by atoms with Gasteiger partial charge in [0.2, 0.25) is 0 Å². The maximum Gasteiger partial charge on any atom is 0.130 e. The molecule has 27 heavy (non-hydrogen) atoms. The lowest BCUT2D eigenvalue weighted by molar-refractivity contribution is -0.112. The first-order valence-electron chi connectivity index (χ1n) is 9.24. The third-order valence-electron chi connectivity index (χ3n) is 5.56. The van der Waals surface area contributed by atoms with Gasteiger partial charge in [0.05, 0.1) is 17.2 Å². The highest BCUT2D eigenvalue weighted by atomic mass is 19.1. The van der Waals surface area contributed by atoms with Gasteiger partial charge in [0.1, 0.15) is 17.9 Å². The number of nitrogens with one attached hydrogen (secondary N) is 1. The number of carbonyl (C=O) groups is 1. The van der Waals surface area contributed by atoms with Crippen LogP contribution in [0.15, 0.2) is 12.1 Å². The number of anilines is 2. The van der Waals surface area contributed by atoms with Crippen molar-refractivity contribution in [3.05, 3.63) is 40.3 Å². The largest absolute Gasteiger partial charge is 0.393 e. The number of benzene rings is 1. The molecule has 2 unspecified atom stereocenters. The lowest BCUT2D eigenvalue weighted by Crippen LogP contribution is -2.33. The van der Waals surface area contributed by atoms with E-state index in [2.05, 4.69) is 10.4 Å². The molecule has 0 saturated carbocycles. The molecule has 0 amide bonds. The zero-order chi connectivity index (χ0) is 19.8. The first-order chi connectivity index (χ1) is 12.7. The number of hydrogen-bond acceptors (Lipinski definition) is 5. The molecule has 4 N–H and O–H groups in total. The van der Waals surface area contributed by atoms with Gasteiger partial charge in [-0.25, -0.2) is 4.39 Å². The normalized spacial score (nSPS) is 23.4. The summed E-state index contributed by atoms with van der Waals surface area (Å²) in [6.45, 7) is 4.47. The Morgan fingerprint density at radius 3 is 2.93 bits per heavy atom. The molecule has 146 valence electrons. The number of halogens is 1. The lowest BCUT2D eigenvalue weighted by Gasteiger charge is -2.32. The van der Waals surface area contributed by atoms with E-state index < -0.39 is 5.41 Å². The quantitative estimate of drug-likeness (QED) is 0.666. The fourth-order valence-electron chi connectivity index (χ4n) is 3.84. The summed E-state index contributed by atoms with van der Waals surface area (Å²) < 4.78 is 15.0. The molecule has 2 atom stereocenters. The number of aryl methyl sites for hydroxylation is 2. The van der Waals surface area contributed by atoms with Crippen LogP contribution in [-0.4, -0.2) is 33.8 Å². The second-order valence-corrected chi connectivity index (χ2v) is 7.69. The molecule has 7 heteroatoms. The first kappa shape index (κ1) is 19.4. The van der Waals surface area contributed by atoms with E-state index in [4.69, 9.17) is 5.73 Å². The van der Waals surface area contributed by atoms with E-state index in [0.717, 1.165) is 59.6 Å². The number of nitrogens with two attached hydrogens (primary N) is 1. The third kappa shape index (κ3) is 3.69. The van der Waals surface area contributed by atoms with E-state index in [-0.39, 0.29) is 11.9 Å². The Morgan fingerprint density at radius 2 is 2.22 bits per heavy atom. The Labute approximate surface area is 158 Å². The van der Waals surface area contributed by atoms with Gasteiger partial charge in [0.25, 0.3) is 0 Å². The monoisotopic (exact) mass is 374 g/mol. The molecule has 1 aliphatic carbocycles. The number of aromatic nitrogens is 2. The topological polar surface area (TPSA) is 93.2 Å². The zero-order valence-corrected chi connectivity index (χ0v) is 16.1. The summed E-state index contributed by atoms with van der Waals surface area (Å²) in [5, 5.41) is 16.8. The minimum absolute atomic E-state index is 0.230. The van der Waals surface area contributed by atoms with E-state index in [1.54, 1.807) is 4.68 Å². The van der Waals surface area contributed by atoms with Crippen molar-refractivity contribution < 1.29 is 14.3 Å². The van der Waals surface area contributed by atoms with Crippen LogP contribution < -0.4 is 11.1 Å². The van der Waals surface area contributed by atoms with E-state index in [9.17, 15) is 14.3 Å². The van der Waals surface area contributed by atoms with Crippen LogP contribution in [0.1, 0.15) is 42.1 Å². The summed E-state index contributed by atoms with van der Waals surface area (Å²) in [4.78, 5) is 11.1. The van der Waals surface area contributed by atoms with E-state index >= 15 is 0 Å². The SMILES string of the molecule is Cc1cc(F)cc2c1NCCC2(C)C=O.Cn1nc2c(c1N)CCC(O)C2. The Hall–Kier alpha value is -2.41. The van der Waals surface area contributed by atoms with Gasteiger partial charge in [-0.15, -0.1) is 0 Å². The maximum absolute atomic E-state index is 13.3. The van der Waals surface area contributed by atoms with Crippen molar-refractivity contribution in [1.29, 1.82) is 0 Å². The van der Waals surface area contributed by atoms with E-state index in [0.29, 0.717) is 12.8 Å². The number of carbonyl (C=O) groups excluding carboxylic acids is 1. The molecule has 1 aliphatic heterocycles. The Bertz CT molecular complexity index is 864.